The Hall–Kier alpha value is -2.88. The van der Waals surface area contributed by atoms with Crippen molar-refractivity contribution in [2.45, 2.75) is 19.9 Å². The first-order valence-corrected chi connectivity index (χ1v) is 7.77. The number of fused-ring (bicyclic) bond motifs is 2. The molecule has 0 fully saturated rings. The fourth-order valence-electron chi connectivity index (χ4n) is 2.80. The van der Waals surface area contributed by atoms with Crippen LogP contribution in [0.2, 0.25) is 0 Å². The van der Waals surface area contributed by atoms with Gasteiger partial charge in [0.05, 0.1) is 6.42 Å². The molecular formula is C19H17N2O2+. The van der Waals surface area contributed by atoms with Crippen LogP contribution in [0.1, 0.15) is 18.7 Å². The topological polar surface area (TPSA) is 43.0 Å². The zero-order valence-electron chi connectivity index (χ0n) is 12.9. The number of benzene rings is 2. The monoisotopic (exact) mass is 305 g/mol. The molecule has 4 rings (SSSR count). The van der Waals surface area contributed by atoms with E-state index in [0.717, 1.165) is 34.6 Å². The van der Waals surface area contributed by atoms with E-state index >= 15 is 0 Å². The number of allylic oxidation sites excluding steroid dienone is 1. The number of rotatable bonds is 4. The Balaban J connectivity index is 1.60. The van der Waals surface area contributed by atoms with Crippen molar-refractivity contribution >= 4 is 28.3 Å². The Morgan fingerprint density at radius 1 is 1.00 bits per heavy atom. The first-order valence-electron chi connectivity index (χ1n) is 7.77. The lowest BCUT2D eigenvalue weighted by molar-refractivity contribution is -0.680. The van der Waals surface area contributed by atoms with E-state index in [1.54, 1.807) is 0 Å². The number of oxazole rings is 2. The van der Waals surface area contributed by atoms with Crippen molar-refractivity contribution in [3.63, 3.8) is 0 Å². The zero-order valence-corrected chi connectivity index (χ0v) is 12.9. The number of hydrogen-bond acceptors (Lipinski definition) is 3. The molecule has 0 saturated heterocycles. The molecule has 0 aliphatic heterocycles. The van der Waals surface area contributed by atoms with Crippen LogP contribution in [0.5, 0.6) is 0 Å². The van der Waals surface area contributed by atoms with Gasteiger partial charge in [-0.3, -0.25) is 0 Å². The van der Waals surface area contributed by atoms with Crippen LogP contribution >= 0.6 is 0 Å². The van der Waals surface area contributed by atoms with Gasteiger partial charge in [-0.2, -0.15) is 4.57 Å². The second-order valence-corrected chi connectivity index (χ2v) is 5.33. The van der Waals surface area contributed by atoms with Gasteiger partial charge in [0.25, 0.3) is 5.52 Å². The van der Waals surface area contributed by atoms with Gasteiger partial charge in [0.2, 0.25) is 11.5 Å². The molecule has 2 heterocycles. The molecule has 2 aromatic carbocycles. The summed E-state index contributed by atoms with van der Waals surface area (Å²) in [4.78, 5) is 4.44. The zero-order chi connectivity index (χ0) is 15.6. The van der Waals surface area contributed by atoms with Crippen molar-refractivity contribution in [1.82, 2.24) is 4.98 Å². The smallest absolute Gasteiger partial charge is 0.351 e. The molecule has 0 unspecified atom stereocenters. The van der Waals surface area contributed by atoms with E-state index in [0.29, 0.717) is 12.3 Å². The minimum absolute atomic E-state index is 0.616. The molecule has 4 aromatic rings. The Kier molecular flexibility index (Phi) is 3.42. The van der Waals surface area contributed by atoms with Gasteiger partial charge in [0, 0.05) is 6.07 Å². The Morgan fingerprint density at radius 3 is 2.61 bits per heavy atom. The van der Waals surface area contributed by atoms with Crippen LogP contribution in [0, 0.1) is 0 Å². The molecular weight excluding hydrogens is 288 g/mol. The van der Waals surface area contributed by atoms with Gasteiger partial charge < -0.3 is 8.83 Å². The van der Waals surface area contributed by atoms with Crippen molar-refractivity contribution in [3.05, 3.63) is 66.4 Å². The minimum atomic E-state index is 0.616. The van der Waals surface area contributed by atoms with Crippen molar-refractivity contribution in [2.24, 2.45) is 0 Å². The maximum Gasteiger partial charge on any atom is 0.351 e. The highest BCUT2D eigenvalue weighted by atomic mass is 16.4. The Morgan fingerprint density at radius 2 is 1.78 bits per heavy atom. The average Bonchev–Trinajstić information content (AvgIpc) is 3.14. The summed E-state index contributed by atoms with van der Waals surface area (Å²) in [5, 5.41) is 0. The summed E-state index contributed by atoms with van der Waals surface area (Å²) in [5.41, 5.74) is 3.72. The highest BCUT2D eigenvalue weighted by molar-refractivity contribution is 5.73. The maximum atomic E-state index is 5.95. The third kappa shape index (κ3) is 2.52. The average molecular weight is 305 g/mol. The van der Waals surface area contributed by atoms with E-state index in [-0.39, 0.29) is 0 Å². The van der Waals surface area contributed by atoms with Crippen LogP contribution in [0.15, 0.2) is 63.4 Å². The second kappa shape index (κ2) is 5.72. The summed E-state index contributed by atoms with van der Waals surface area (Å²) in [5.74, 6) is 1.55. The van der Waals surface area contributed by atoms with Gasteiger partial charge in [-0.15, -0.1) is 0 Å². The van der Waals surface area contributed by atoms with E-state index in [4.69, 9.17) is 8.83 Å². The summed E-state index contributed by atoms with van der Waals surface area (Å²) < 4.78 is 13.8. The third-order valence-electron chi connectivity index (χ3n) is 3.86. The second-order valence-electron chi connectivity index (χ2n) is 5.33. The lowest BCUT2D eigenvalue weighted by atomic mass is 10.3. The van der Waals surface area contributed by atoms with E-state index in [1.807, 2.05) is 54.6 Å². The first kappa shape index (κ1) is 13.8. The predicted molar refractivity (Wildman–Crippen MR) is 88.8 cm³/mol. The highest BCUT2D eigenvalue weighted by Crippen LogP contribution is 2.17. The molecule has 0 N–H and O–H groups in total. The molecule has 2 aromatic heterocycles. The Bertz CT molecular complexity index is 962. The van der Waals surface area contributed by atoms with E-state index in [2.05, 4.69) is 22.5 Å². The molecule has 4 nitrogen and oxygen atoms in total. The van der Waals surface area contributed by atoms with Crippen LogP contribution in [0.3, 0.4) is 0 Å². The standard InChI is InChI=1S/C19H17N2O2/c1-2-21-15-9-4-6-11-17(15)23-19(21)13-7-12-18-20-14-8-3-5-10-16(14)22-18/h3-12H,2,13H2,1H3/q+1. The summed E-state index contributed by atoms with van der Waals surface area (Å²) in [6.07, 6.45) is 4.61. The molecule has 4 heteroatoms. The fraction of sp³-hybridized carbons (Fsp3) is 0.158. The summed E-state index contributed by atoms with van der Waals surface area (Å²) in [6.45, 7) is 3.00. The molecule has 0 saturated carbocycles. The fourth-order valence-corrected chi connectivity index (χ4v) is 2.80. The van der Waals surface area contributed by atoms with E-state index in [1.165, 1.54) is 0 Å². The van der Waals surface area contributed by atoms with Crippen molar-refractivity contribution in [3.8, 4) is 0 Å². The number of hydrogen-bond donors (Lipinski definition) is 0. The summed E-state index contributed by atoms with van der Waals surface area (Å²) in [7, 11) is 0. The van der Waals surface area contributed by atoms with Crippen LogP contribution < -0.4 is 4.57 Å². The minimum Gasteiger partial charge on any atom is -0.437 e. The van der Waals surface area contributed by atoms with Gasteiger partial charge >= 0.3 is 5.89 Å². The molecule has 0 aliphatic rings. The van der Waals surface area contributed by atoms with Crippen molar-refractivity contribution in [2.75, 3.05) is 0 Å². The first-order chi connectivity index (χ1) is 11.3. The van der Waals surface area contributed by atoms with E-state index < -0.39 is 0 Å². The number of para-hydroxylation sites is 4. The number of aromatic nitrogens is 2. The maximum absolute atomic E-state index is 5.95. The highest BCUT2D eigenvalue weighted by Gasteiger charge is 2.19. The van der Waals surface area contributed by atoms with Crippen molar-refractivity contribution < 1.29 is 13.4 Å². The van der Waals surface area contributed by atoms with E-state index in [9.17, 15) is 0 Å². The van der Waals surface area contributed by atoms with Gasteiger partial charge in [-0.1, -0.05) is 30.3 Å². The molecule has 0 spiro atoms. The number of aryl methyl sites for hydroxylation is 1. The van der Waals surface area contributed by atoms with Crippen LogP contribution in [-0.2, 0) is 13.0 Å². The van der Waals surface area contributed by atoms with Crippen LogP contribution in [0.4, 0.5) is 0 Å². The lowest BCUT2D eigenvalue weighted by Crippen LogP contribution is -2.34. The molecule has 0 amide bonds. The normalized spacial score (nSPS) is 11.9. The molecule has 0 aliphatic carbocycles. The molecule has 114 valence electrons. The third-order valence-corrected chi connectivity index (χ3v) is 3.86. The summed E-state index contributed by atoms with van der Waals surface area (Å²) in [6, 6.07) is 15.9. The summed E-state index contributed by atoms with van der Waals surface area (Å²) >= 11 is 0. The van der Waals surface area contributed by atoms with Gasteiger partial charge in [-0.25, -0.2) is 4.98 Å². The van der Waals surface area contributed by atoms with Crippen LogP contribution in [0.25, 0.3) is 28.3 Å². The van der Waals surface area contributed by atoms with Crippen molar-refractivity contribution in [1.29, 1.82) is 0 Å². The SMILES string of the molecule is CC[n+]1c(CC=Cc2nc3ccccc3o2)oc2ccccc21. The van der Waals surface area contributed by atoms with Gasteiger partial charge in [-0.05, 0) is 31.2 Å². The molecule has 0 atom stereocenters. The largest absolute Gasteiger partial charge is 0.437 e. The molecule has 23 heavy (non-hydrogen) atoms. The number of nitrogens with zero attached hydrogens (tertiary/aromatic N) is 2. The lowest BCUT2D eigenvalue weighted by Gasteiger charge is -1.90. The molecule has 0 radical (unpaired) electrons. The van der Waals surface area contributed by atoms with Gasteiger partial charge in [0.1, 0.15) is 12.1 Å². The van der Waals surface area contributed by atoms with Gasteiger partial charge in [0.15, 0.2) is 5.58 Å². The Labute approximate surface area is 133 Å². The molecule has 0 bridgehead atoms. The quantitative estimate of drug-likeness (QED) is 0.532. The van der Waals surface area contributed by atoms with Crippen LogP contribution in [-0.4, -0.2) is 4.98 Å². The predicted octanol–water partition coefficient (Wildman–Crippen LogP) is 4.14.